The molecule has 0 radical (unpaired) electrons. The van der Waals surface area contributed by atoms with Gasteiger partial charge in [0.05, 0.1) is 43.3 Å². The molecule has 4 aromatic rings. The van der Waals surface area contributed by atoms with E-state index in [1.165, 1.54) is 36.9 Å². The number of nitrogens with zero attached hydrogens (tertiary/aromatic N) is 4. The van der Waals surface area contributed by atoms with Gasteiger partial charge in [-0.15, -0.1) is 11.3 Å². The molecule has 1 saturated heterocycles. The van der Waals surface area contributed by atoms with Crippen LogP contribution in [-0.4, -0.2) is 83.7 Å². The van der Waals surface area contributed by atoms with Gasteiger partial charge in [-0.3, -0.25) is 19.5 Å². The molecule has 1 aliphatic rings. The lowest BCUT2D eigenvalue weighted by Gasteiger charge is -2.34. The number of methoxy groups -OCH3 is 1. The molecule has 0 bridgehead atoms. The van der Waals surface area contributed by atoms with Crippen molar-refractivity contribution in [2.45, 2.75) is 38.8 Å². The fourth-order valence-electron chi connectivity index (χ4n) is 4.87. The number of hydrogen-bond donors (Lipinski definition) is 3. The number of rotatable bonds is 9. The second-order valence-electron chi connectivity index (χ2n) is 10.1. The van der Waals surface area contributed by atoms with E-state index in [4.69, 9.17) is 9.47 Å². The summed E-state index contributed by atoms with van der Waals surface area (Å²) in [5, 5.41) is 12.8. The molecule has 0 saturated carbocycles. The maximum absolute atomic E-state index is 13.2. The maximum atomic E-state index is 13.2. The molecule has 1 amide bonds. The summed E-state index contributed by atoms with van der Waals surface area (Å²) in [6.07, 6.45) is -1.84. The van der Waals surface area contributed by atoms with Crippen molar-refractivity contribution in [3.8, 4) is 17.0 Å². The molecule has 0 spiro atoms. The van der Waals surface area contributed by atoms with Gasteiger partial charge in [0.25, 0.3) is 5.91 Å². The molecular weight excluding hydrogens is 611 g/mol. The topological polar surface area (TPSA) is 151 Å². The lowest BCUT2D eigenvalue weighted by molar-refractivity contribution is -0.106. The lowest BCUT2D eigenvalue weighted by atomic mass is 10.0. The summed E-state index contributed by atoms with van der Waals surface area (Å²) in [5.74, 6) is -2.74. The fraction of sp³-hybridized carbons (Fsp3) is 0.385. The van der Waals surface area contributed by atoms with Crippen molar-refractivity contribution in [2.75, 3.05) is 36.0 Å². The van der Waals surface area contributed by atoms with Crippen molar-refractivity contribution < 1.29 is 35.9 Å². The number of carbonyl (C=O) groups is 1. The predicted molar refractivity (Wildman–Crippen MR) is 155 cm³/mol. The molecular formula is C26H28F3N7O5S2. The Morgan fingerprint density at radius 1 is 1.16 bits per heavy atom. The molecule has 0 unspecified atom stereocenters. The number of aromatic nitrogens is 4. The van der Waals surface area contributed by atoms with Crippen LogP contribution in [0.5, 0.6) is 5.88 Å². The number of anilines is 2. The van der Waals surface area contributed by atoms with Crippen LogP contribution in [0.4, 0.5) is 24.5 Å². The normalized spacial score (nSPS) is 18.1. The number of nitrogens with one attached hydrogen (secondary N) is 3. The largest absolute Gasteiger partial charge is 0.480 e. The monoisotopic (exact) mass is 639 g/mol. The average Bonchev–Trinajstić information content (AvgIpc) is 3.56. The minimum Gasteiger partial charge on any atom is -0.480 e. The van der Waals surface area contributed by atoms with Gasteiger partial charge < -0.3 is 14.8 Å². The zero-order chi connectivity index (χ0) is 30.9. The molecule has 12 nitrogen and oxygen atoms in total. The molecule has 2 atom stereocenters. The zero-order valence-corrected chi connectivity index (χ0v) is 24.9. The van der Waals surface area contributed by atoms with Crippen LogP contribution in [0.2, 0.25) is 0 Å². The highest BCUT2D eigenvalue weighted by Crippen LogP contribution is 2.34. The van der Waals surface area contributed by atoms with Crippen molar-refractivity contribution in [2.24, 2.45) is 0 Å². The maximum Gasteiger partial charge on any atom is 0.404 e. The standard InChI is InChI=1S/C26H28F3N7O5S2/c1-14-9-36(10-15(2)41-14)11-23-32-22(12-42-23)24(37)33-19-4-16(5-20-18(19)8-31-34-20)17-6-21(25(40-3)30-7-17)35-43(38,39)13-26(27,28)29/h4-8,12,14-15,35H,9-11,13H2,1-3H3,(H,31,34)(H,33,37)/t14-,15+. The Bertz CT molecular complexity index is 1730. The number of thiazole rings is 1. The number of H-pyrrole nitrogens is 1. The minimum absolute atomic E-state index is 0.105. The number of alkyl halides is 3. The van der Waals surface area contributed by atoms with Crippen LogP contribution in [0.25, 0.3) is 22.0 Å². The molecule has 3 N–H and O–H groups in total. The summed E-state index contributed by atoms with van der Waals surface area (Å²) in [6, 6.07) is 4.60. The number of carbonyl (C=O) groups excluding carboxylic acids is 1. The first kappa shape index (κ1) is 30.7. The second-order valence-corrected chi connectivity index (χ2v) is 12.8. The summed E-state index contributed by atoms with van der Waals surface area (Å²) in [7, 11) is -3.59. The molecule has 1 aliphatic heterocycles. The molecule has 17 heteroatoms. The first-order chi connectivity index (χ1) is 20.3. The number of fused-ring (bicyclic) bond motifs is 1. The summed E-state index contributed by atoms with van der Waals surface area (Å²) in [5.41, 5.74) is 1.68. The van der Waals surface area contributed by atoms with Crippen LogP contribution in [0.15, 0.2) is 36.0 Å². The third kappa shape index (κ3) is 7.59. The first-order valence-electron chi connectivity index (χ1n) is 13.0. The number of halogens is 3. The van der Waals surface area contributed by atoms with Crippen LogP contribution < -0.4 is 14.8 Å². The van der Waals surface area contributed by atoms with Crippen molar-refractivity contribution in [3.05, 3.63) is 46.7 Å². The Labute approximate surface area is 248 Å². The van der Waals surface area contributed by atoms with Gasteiger partial charge in [-0.25, -0.2) is 18.4 Å². The number of ether oxygens (including phenoxy) is 2. The predicted octanol–water partition coefficient (Wildman–Crippen LogP) is 4.26. The van der Waals surface area contributed by atoms with Crippen molar-refractivity contribution in [1.29, 1.82) is 0 Å². The van der Waals surface area contributed by atoms with E-state index in [-0.39, 0.29) is 29.5 Å². The van der Waals surface area contributed by atoms with Crippen molar-refractivity contribution in [1.82, 2.24) is 25.1 Å². The van der Waals surface area contributed by atoms with E-state index in [9.17, 15) is 26.4 Å². The minimum atomic E-state index is -4.94. The SMILES string of the molecule is COc1ncc(-c2cc(NC(=O)c3csc(CN4C[C@@H](C)O[C@@H](C)C4)n3)c3cn[nH]c3c2)cc1NS(=O)(=O)CC(F)(F)F. The third-order valence-electron chi connectivity index (χ3n) is 6.44. The van der Waals surface area contributed by atoms with Gasteiger partial charge in [-0.2, -0.15) is 18.3 Å². The van der Waals surface area contributed by atoms with Gasteiger partial charge in [0, 0.05) is 35.6 Å². The highest BCUT2D eigenvalue weighted by molar-refractivity contribution is 7.92. The van der Waals surface area contributed by atoms with E-state index in [1.807, 2.05) is 18.6 Å². The molecule has 0 aliphatic carbocycles. The lowest BCUT2D eigenvalue weighted by Crippen LogP contribution is -2.44. The van der Waals surface area contributed by atoms with Crippen LogP contribution in [0, 0.1) is 0 Å². The highest BCUT2D eigenvalue weighted by Gasteiger charge is 2.35. The van der Waals surface area contributed by atoms with Gasteiger partial charge in [-0.05, 0) is 37.6 Å². The summed E-state index contributed by atoms with van der Waals surface area (Å²) < 4.78 is 75.3. The smallest absolute Gasteiger partial charge is 0.404 e. The summed E-state index contributed by atoms with van der Waals surface area (Å²) in [4.78, 5) is 24.0. The van der Waals surface area contributed by atoms with Crippen LogP contribution in [-0.2, 0) is 21.3 Å². The van der Waals surface area contributed by atoms with E-state index in [0.29, 0.717) is 34.3 Å². The summed E-state index contributed by atoms with van der Waals surface area (Å²) >= 11 is 1.38. The van der Waals surface area contributed by atoms with E-state index in [1.54, 1.807) is 17.5 Å². The van der Waals surface area contributed by atoms with Gasteiger partial charge >= 0.3 is 6.18 Å². The molecule has 4 heterocycles. The van der Waals surface area contributed by atoms with E-state index in [2.05, 4.69) is 30.4 Å². The Morgan fingerprint density at radius 2 is 1.88 bits per heavy atom. The second kappa shape index (κ2) is 12.1. The fourth-order valence-corrected chi connectivity index (χ4v) is 6.67. The number of hydrogen-bond acceptors (Lipinski definition) is 10. The number of amides is 1. The quantitative estimate of drug-likeness (QED) is 0.244. The zero-order valence-electron chi connectivity index (χ0n) is 23.2. The summed E-state index contributed by atoms with van der Waals surface area (Å²) in [6.45, 7) is 6.16. The number of sulfonamides is 1. The molecule has 1 fully saturated rings. The van der Waals surface area contributed by atoms with E-state index in [0.717, 1.165) is 18.1 Å². The van der Waals surface area contributed by atoms with Gasteiger partial charge in [-0.1, -0.05) is 0 Å². The van der Waals surface area contributed by atoms with Crippen LogP contribution in [0.1, 0.15) is 29.3 Å². The van der Waals surface area contributed by atoms with E-state index < -0.39 is 27.9 Å². The molecule has 3 aromatic heterocycles. The molecule has 5 rings (SSSR count). The first-order valence-corrected chi connectivity index (χ1v) is 15.5. The number of aromatic amines is 1. The number of benzene rings is 1. The Balaban J connectivity index is 1.39. The Hall–Kier alpha value is -3.80. The van der Waals surface area contributed by atoms with Crippen LogP contribution in [0.3, 0.4) is 0 Å². The third-order valence-corrected chi connectivity index (χ3v) is 8.51. The molecule has 230 valence electrons. The highest BCUT2D eigenvalue weighted by atomic mass is 32.2. The van der Waals surface area contributed by atoms with Crippen molar-refractivity contribution in [3.63, 3.8) is 0 Å². The molecule has 1 aromatic carbocycles. The van der Waals surface area contributed by atoms with Gasteiger partial charge in [0.1, 0.15) is 16.4 Å². The van der Waals surface area contributed by atoms with Crippen LogP contribution >= 0.6 is 11.3 Å². The van der Waals surface area contributed by atoms with E-state index >= 15 is 0 Å². The Morgan fingerprint density at radius 3 is 2.58 bits per heavy atom. The van der Waals surface area contributed by atoms with Gasteiger partial charge in [0.15, 0.2) is 5.75 Å². The van der Waals surface area contributed by atoms with Crippen molar-refractivity contribution >= 4 is 49.5 Å². The average molecular weight is 640 g/mol. The number of pyridine rings is 1. The number of morpholine rings is 1. The van der Waals surface area contributed by atoms with Gasteiger partial charge in [0.2, 0.25) is 15.9 Å². The Kier molecular flexibility index (Phi) is 8.60. The molecule has 43 heavy (non-hydrogen) atoms.